The molecule has 0 atom stereocenters. The first-order chi connectivity index (χ1) is 4.92. The molecule has 0 spiro atoms. The van der Waals surface area contributed by atoms with Crippen LogP contribution in [0.1, 0.15) is 23.4 Å². The van der Waals surface area contributed by atoms with Crippen LogP contribution in [-0.2, 0) is 18.7 Å². The molecule has 11 heavy (non-hydrogen) atoms. The van der Waals surface area contributed by atoms with Crippen molar-refractivity contribution in [2.75, 3.05) is 0 Å². The number of H-pyrrole nitrogens is 1. The van der Waals surface area contributed by atoms with Gasteiger partial charge in [-0.1, -0.05) is 0 Å². The third-order valence-corrected chi connectivity index (χ3v) is 2.27. The van der Waals surface area contributed by atoms with Gasteiger partial charge in [0.25, 0.3) is 0 Å². The van der Waals surface area contributed by atoms with Gasteiger partial charge in [-0.2, -0.15) is 5.10 Å². The quantitative estimate of drug-likeness (QED) is 0.679. The van der Waals surface area contributed by atoms with Crippen LogP contribution in [0.4, 0.5) is 0 Å². The van der Waals surface area contributed by atoms with E-state index in [2.05, 4.69) is 10.2 Å². The van der Waals surface area contributed by atoms with Gasteiger partial charge in [0, 0.05) is 5.69 Å². The number of nitrogens with one attached hydrogen (secondary N) is 1. The summed E-state index contributed by atoms with van der Waals surface area (Å²) >= 11 is 5.67. The van der Waals surface area contributed by atoms with E-state index < -0.39 is 0 Å². The van der Waals surface area contributed by atoms with E-state index in [1.165, 1.54) is 17.7 Å². The molecule has 2 nitrogen and oxygen atoms in total. The van der Waals surface area contributed by atoms with Crippen LogP contribution < -0.4 is 0 Å². The van der Waals surface area contributed by atoms with E-state index in [1.54, 1.807) is 0 Å². The summed E-state index contributed by atoms with van der Waals surface area (Å²) < 4.78 is 0. The molecule has 2 rings (SSSR count). The summed E-state index contributed by atoms with van der Waals surface area (Å²) in [6.07, 6.45) is 3.57. The molecular weight excluding hydrogens is 183 g/mol. The largest absolute Gasteiger partial charge is 0.282 e. The molecule has 1 aliphatic carbocycles. The highest BCUT2D eigenvalue weighted by atomic mass is 35.5. The second-order valence-electron chi connectivity index (χ2n) is 2.61. The summed E-state index contributed by atoms with van der Waals surface area (Å²) in [4.78, 5) is 0. The van der Waals surface area contributed by atoms with Gasteiger partial charge in [-0.3, -0.25) is 5.10 Å². The molecular formula is C7H10Cl2N2. The number of rotatable bonds is 1. The molecule has 0 amide bonds. The lowest BCUT2D eigenvalue weighted by atomic mass is 10.2. The third kappa shape index (κ3) is 1.37. The number of halogens is 2. The Morgan fingerprint density at radius 1 is 1.45 bits per heavy atom. The Bertz CT molecular complexity index is 245. The summed E-state index contributed by atoms with van der Waals surface area (Å²) in [6.45, 7) is 0. The summed E-state index contributed by atoms with van der Waals surface area (Å²) in [6, 6.07) is 0. The van der Waals surface area contributed by atoms with Gasteiger partial charge in [-0.25, -0.2) is 0 Å². The van der Waals surface area contributed by atoms with Gasteiger partial charge in [-0.05, 0) is 24.8 Å². The van der Waals surface area contributed by atoms with Gasteiger partial charge in [0.2, 0.25) is 0 Å². The van der Waals surface area contributed by atoms with E-state index in [4.69, 9.17) is 11.6 Å². The van der Waals surface area contributed by atoms with Gasteiger partial charge >= 0.3 is 0 Å². The number of aromatic nitrogens is 2. The smallest absolute Gasteiger partial charge is 0.0804 e. The van der Waals surface area contributed by atoms with Crippen LogP contribution in [0, 0.1) is 0 Å². The van der Waals surface area contributed by atoms with Crippen molar-refractivity contribution in [1.29, 1.82) is 0 Å². The summed E-state index contributed by atoms with van der Waals surface area (Å²) in [5, 5.41) is 7.10. The molecule has 0 radical (unpaired) electrons. The Kier molecular flexibility index (Phi) is 2.79. The zero-order valence-electron chi connectivity index (χ0n) is 6.06. The maximum Gasteiger partial charge on any atom is 0.0804 e. The Morgan fingerprint density at radius 3 is 3.00 bits per heavy atom. The molecule has 0 unspecified atom stereocenters. The van der Waals surface area contributed by atoms with Crippen molar-refractivity contribution in [3.05, 3.63) is 17.0 Å². The fraction of sp³-hybridized carbons (Fsp3) is 0.571. The fourth-order valence-electron chi connectivity index (χ4n) is 1.50. The maximum absolute atomic E-state index is 5.67. The highest BCUT2D eigenvalue weighted by molar-refractivity contribution is 6.17. The van der Waals surface area contributed by atoms with E-state index in [1.807, 2.05) is 0 Å². The van der Waals surface area contributed by atoms with Crippen LogP contribution in [0.2, 0.25) is 0 Å². The van der Waals surface area contributed by atoms with E-state index in [-0.39, 0.29) is 12.4 Å². The van der Waals surface area contributed by atoms with E-state index >= 15 is 0 Å². The lowest BCUT2D eigenvalue weighted by Crippen LogP contribution is -1.84. The highest BCUT2D eigenvalue weighted by Gasteiger charge is 2.16. The van der Waals surface area contributed by atoms with Gasteiger partial charge < -0.3 is 0 Å². The molecule has 4 heteroatoms. The first-order valence-electron chi connectivity index (χ1n) is 3.53. The van der Waals surface area contributed by atoms with Gasteiger partial charge in [-0.15, -0.1) is 24.0 Å². The first kappa shape index (κ1) is 8.88. The molecule has 0 aromatic carbocycles. The van der Waals surface area contributed by atoms with Crippen LogP contribution in [0.3, 0.4) is 0 Å². The number of aryl methyl sites for hydroxylation is 1. The molecule has 1 aromatic heterocycles. The minimum atomic E-state index is 0. The van der Waals surface area contributed by atoms with Crippen LogP contribution in [0.5, 0.6) is 0 Å². The van der Waals surface area contributed by atoms with E-state index in [0.717, 1.165) is 18.5 Å². The number of alkyl halides is 1. The molecule has 62 valence electrons. The lowest BCUT2D eigenvalue weighted by molar-refractivity contribution is 0.851. The molecule has 1 N–H and O–H groups in total. The molecule has 0 aliphatic heterocycles. The Hall–Kier alpha value is -0.210. The van der Waals surface area contributed by atoms with Crippen molar-refractivity contribution in [2.45, 2.75) is 25.1 Å². The number of fused-ring (bicyclic) bond motifs is 1. The van der Waals surface area contributed by atoms with Gasteiger partial charge in [0.15, 0.2) is 0 Å². The molecule has 0 fully saturated rings. The fourth-order valence-corrected chi connectivity index (χ4v) is 1.72. The number of hydrogen-bond acceptors (Lipinski definition) is 1. The predicted molar refractivity (Wildman–Crippen MR) is 47.4 cm³/mol. The average molecular weight is 193 g/mol. The Labute approximate surface area is 76.7 Å². The first-order valence-corrected chi connectivity index (χ1v) is 4.06. The predicted octanol–water partition coefficient (Wildman–Crippen LogP) is 2.06. The summed E-state index contributed by atoms with van der Waals surface area (Å²) in [5.41, 5.74) is 3.72. The molecule has 1 aromatic rings. The van der Waals surface area contributed by atoms with Crippen molar-refractivity contribution in [3.8, 4) is 0 Å². The lowest BCUT2D eigenvalue weighted by Gasteiger charge is -1.89. The minimum Gasteiger partial charge on any atom is -0.282 e. The van der Waals surface area contributed by atoms with E-state index in [0.29, 0.717) is 5.88 Å². The normalized spacial score (nSPS) is 14.3. The second-order valence-corrected chi connectivity index (χ2v) is 2.88. The van der Waals surface area contributed by atoms with Crippen LogP contribution in [0.25, 0.3) is 0 Å². The number of hydrogen-bond donors (Lipinski definition) is 1. The Balaban J connectivity index is 0.000000605. The molecule has 1 heterocycles. The highest BCUT2D eigenvalue weighted by Crippen LogP contribution is 2.23. The zero-order valence-corrected chi connectivity index (χ0v) is 7.63. The number of aromatic amines is 1. The van der Waals surface area contributed by atoms with Crippen LogP contribution in [-0.4, -0.2) is 10.2 Å². The van der Waals surface area contributed by atoms with Crippen molar-refractivity contribution < 1.29 is 0 Å². The van der Waals surface area contributed by atoms with Crippen molar-refractivity contribution in [2.24, 2.45) is 0 Å². The van der Waals surface area contributed by atoms with Crippen molar-refractivity contribution >= 4 is 24.0 Å². The zero-order chi connectivity index (χ0) is 6.97. The summed E-state index contributed by atoms with van der Waals surface area (Å²) in [7, 11) is 0. The molecule has 0 saturated heterocycles. The monoisotopic (exact) mass is 192 g/mol. The Morgan fingerprint density at radius 2 is 2.27 bits per heavy atom. The third-order valence-electron chi connectivity index (χ3n) is 2.02. The van der Waals surface area contributed by atoms with Gasteiger partial charge in [0.1, 0.15) is 0 Å². The van der Waals surface area contributed by atoms with E-state index in [9.17, 15) is 0 Å². The van der Waals surface area contributed by atoms with Crippen molar-refractivity contribution in [3.63, 3.8) is 0 Å². The molecule has 0 saturated carbocycles. The van der Waals surface area contributed by atoms with Gasteiger partial charge in [0.05, 0.1) is 11.6 Å². The van der Waals surface area contributed by atoms with Crippen LogP contribution >= 0.6 is 24.0 Å². The molecule has 0 bridgehead atoms. The standard InChI is InChI=1S/C7H9ClN2.ClH/c8-4-7-5-2-1-3-6(5)9-10-7;/h1-4H2,(H,9,10);1H. The average Bonchev–Trinajstić information content (AvgIpc) is 2.44. The second kappa shape index (κ2) is 3.46. The topological polar surface area (TPSA) is 28.7 Å². The van der Waals surface area contributed by atoms with Crippen molar-refractivity contribution in [1.82, 2.24) is 10.2 Å². The minimum absolute atomic E-state index is 0. The molecule has 1 aliphatic rings. The van der Waals surface area contributed by atoms with Crippen LogP contribution in [0.15, 0.2) is 0 Å². The number of nitrogens with zero attached hydrogens (tertiary/aromatic N) is 1. The maximum atomic E-state index is 5.67. The summed E-state index contributed by atoms with van der Waals surface area (Å²) in [5.74, 6) is 0.547. The SMILES string of the molecule is Cl.ClCc1n[nH]c2c1CCC2.